The lowest BCUT2D eigenvalue weighted by Gasteiger charge is -2.20. The number of rotatable bonds is 9. The van der Waals surface area contributed by atoms with E-state index in [1.54, 1.807) is 4.68 Å². The Balaban J connectivity index is 2.49. The van der Waals surface area contributed by atoms with Crippen molar-refractivity contribution in [3.05, 3.63) is 52.8 Å². The molecule has 30 heavy (non-hydrogen) atoms. The fourth-order valence-corrected chi connectivity index (χ4v) is 3.00. The molecule has 7 heteroatoms. The molecule has 1 N–H and O–H groups in total. The number of ether oxygens (including phenoxy) is 3. The summed E-state index contributed by atoms with van der Waals surface area (Å²) in [5.41, 5.74) is 4.18. The average Bonchev–Trinajstić information content (AvgIpc) is 3.07. The number of hydrogen-bond donors (Lipinski definition) is 1. The summed E-state index contributed by atoms with van der Waals surface area (Å²) in [4.78, 5) is 11.6. The molecule has 0 spiro atoms. The zero-order valence-corrected chi connectivity index (χ0v) is 18.6. The maximum Gasteiger partial charge on any atom is 0.334 e. The molecule has 2 rings (SSSR count). The SMILES string of the molecule is CCn1nc(C)cc1/C(OCOC(=O)COC)=C(\C=N)c1ccc(C(C)(C)C)cc1. The predicted octanol–water partition coefficient (Wildman–Crippen LogP) is 4.19. The first-order valence-electron chi connectivity index (χ1n) is 9.89. The molecule has 2 aromatic rings. The number of carbonyl (C=O) groups excluding carboxylic acids is 1. The van der Waals surface area contributed by atoms with Crippen LogP contribution in [0, 0.1) is 12.3 Å². The van der Waals surface area contributed by atoms with Gasteiger partial charge in [0.05, 0.1) is 5.69 Å². The van der Waals surface area contributed by atoms with Crippen molar-refractivity contribution in [2.75, 3.05) is 20.5 Å². The Morgan fingerprint density at radius 2 is 1.87 bits per heavy atom. The lowest BCUT2D eigenvalue weighted by Crippen LogP contribution is -2.15. The Labute approximate surface area is 178 Å². The second-order valence-electron chi connectivity index (χ2n) is 7.91. The van der Waals surface area contributed by atoms with Crippen molar-refractivity contribution >= 4 is 23.5 Å². The number of aryl methyl sites for hydroxylation is 2. The van der Waals surface area contributed by atoms with Gasteiger partial charge in [0.15, 0.2) is 5.76 Å². The van der Waals surface area contributed by atoms with Crippen LogP contribution in [0.3, 0.4) is 0 Å². The number of benzene rings is 1. The molecule has 0 radical (unpaired) electrons. The van der Waals surface area contributed by atoms with E-state index in [9.17, 15) is 4.79 Å². The van der Waals surface area contributed by atoms with Crippen LogP contribution in [0.2, 0.25) is 0 Å². The van der Waals surface area contributed by atoms with E-state index < -0.39 is 5.97 Å². The smallest absolute Gasteiger partial charge is 0.334 e. The minimum absolute atomic E-state index is 0.0277. The number of esters is 1. The fourth-order valence-electron chi connectivity index (χ4n) is 3.00. The maximum absolute atomic E-state index is 11.6. The summed E-state index contributed by atoms with van der Waals surface area (Å²) in [6.45, 7) is 10.5. The fraction of sp³-hybridized carbons (Fsp3) is 0.435. The van der Waals surface area contributed by atoms with Gasteiger partial charge in [0, 0.05) is 25.4 Å². The van der Waals surface area contributed by atoms with E-state index in [4.69, 9.17) is 19.6 Å². The van der Waals surface area contributed by atoms with Crippen LogP contribution in [0.4, 0.5) is 0 Å². The normalized spacial score (nSPS) is 12.3. The molecule has 0 aliphatic carbocycles. The van der Waals surface area contributed by atoms with Crippen molar-refractivity contribution in [1.29, 1.82) is 5.41 Å². The van der Waals surface area contributed by atoms with Crippen LogP contribution >= 0.6 is 0 Å². The summed E-state index contributed by atoms with van der Waals surface area (Å²) >= 11 is 0. The van der Waals surface area contributed by atoms with Crippen LogP contribution in [-0.2, 0) is 31.0 Å². The summed E-state index contributed by atoms with van der Waals surface area (Å²) < 4.78 is 17.5. The van der Waals surface area contributed by atoms with E-state index in [-0.39, 0.29) is 18.8 Å². The second kappa shape index (κ2) is 10.2. The molecule has 1 heterocycles. The summed E-state index contributed by atoms with van der Waals surface area (Å²) in [6, 6.07) is 9.94. The maximum atomic E-state index is 11.6. The van der Waals surface area contributed by atoms with Gasteiger partial charge in [-0.25, -0.2) is 4.79 Å². The number of hydrogen-bond acceptors (Lipinski definition) is 6. The van der Waals surface area contributed by atoms with Crippen molar-refractivity contribution in [3.8, 4) is 0 Å². The highest BCUT2D eigenvalue weighted by Gasteiger charge is 2.19. The predicted molar refractivity (Wildman–Crippen MR) is 117 cm³/mol. The van der Waals surface area contributed by atoms with E-state index in [2.05, 4.69) is 38.0 Å². The van der Waals surface area contributed by atoms with Crippen LogP contribution in [-0.4, -0.2) is 42.5 Å². The Bertz CT molecular complexity index is 906. The molecule has 7 nitrogen and oxygen atoms in total. The van der Waals surface area contributed by atoms with E-state index >= 15 is 0 Å². The largest absolute Gasteiger partial charge is 0.454 e. The topological polar surface area (TPSA) is 86.4 Å². The van der Waals surface area contributed by atoms with Crippen molar-refractivity contribution in [1.82, 2.24) is 9.78 Å². The monoisotopic (exact) mass is 413 g/mol. The number of nitrogens with one attached hydrogen (secondary N) is 1. The number of aromatic nitrogens is 2. The molecular weight excluding hydrogens is 382 g/mol. The first-order chi connectivity index (χ1) is 14.2. The standard InChI is InChI=1S/C23H31N3O4/c1-7-26-20(12-16(2)25-26)22(30-15-29-21(27)14-28-6)19(13-24)17-8-10-18(11-9-17)23(3,4)5/h8-13,24H,7,14-15H2,1-6H3/b22-19-,24-13?. The van der Waals surface area contributed by atoms with Gasteiger partial charge in [-0.05, 0) is 36.5 Å². The van der Waals surface area contributed by atoms with Crippen LogP contribution in [0.5, 0.6) is 0 Å². The van der Waals surface area contributed by atoms with Crippen LogP contribution in [0.1, 0.15) is 50.2 Å². The molecule has 0 saturated carbocycles. The lowest BCUT2D eigenvalue weighted by molar-refractivity contribution is -0.155. The van der Waals surface area contributed by atoms with Crippen molar-refractivity contribution in [2.24, 2.45) is 0 Å². The molecule has 0 aliphatic rings. The lowest BCUT2D eigenvalue weighted by atomic mass is 9.86. The number of allylic oxidation sites excluding steroid dienone is 1. The van der Waals surface area contributed by atoms with E-state index in [1.807, 2.05) is 32.0 Å². The van der Waals surface area contributed by atoms with Crippen molar-refractivity contribution in [2.45, 2.75) is 46.6 Å². The van der Waals surface area contributed by atoms with Gasteiger partial charge in [-0.15, -0.1) is 0 Å². The molecule has 0 unspecified atom stereocenters. The Morgan fingerprint density at radius 1 is 1.20 bits per heavy atom. The summed E-state index contributed by atoms with van der Waals surface area (Å²) in [6.07, 6.45) is 1.25. The van der Waals surface area contributed by atoms with Crippen LogP contribution < -0.4 is 0 Å². The van der Waals surface area contributed by atoms with Crippen molar-refractivity contribution < 1.29 is 19.0 Å². The summed E-state index contributed by atoms with van der Waals surface area (Å²) in [7, 11) is 1.42. The first kappa shape index (κ1) is 23.3. The summed E-state index contributed by atoms with van der Waals surface area (Å²) in [5, 5.41) is 12.5. The minimum atomic E-state index is -0.525. The Kier molecular flexibility index (Phi) is 7.94. The van der Waals surface area contributed by atoms with E-state index in [0.717, 1.165) is 17.0 Å². The number of methoxy groups -OCH3 is 1. The molecule has 162 valence electrons. The Hall–Kier alpha value is -2.93. The average molecular weight is 414 g/mol. The molecule has 0 saturated heterocycles. The summed E-state index contributed by atoms with van der Waals surface area (Å²) in [5.74, 6) is -0.0934. The third kappa shape index (κ3) is 5.79. The van der Waals surface area contributed by atoms with E-state index in [1.165, 1.54) is 18.9 Å². The molecule has 1 aromatic carbocycles. The third-order valence-corrected chi connectivity index (χ3v) is 4.57. The van der Waals surface area contributed by atoms with Gasteiger partial charge in [0.1, 0.15) is 12.3 Å². The van der Waals surface area contributed by atoms with Gasteiger partial charge >= 0.3 is 5.97 Å². The van der Waals surface area contributed by atoms with Gasteiger partial charge < -0.3 is 19.6 Å². The number of nitrogens with zero attached hydrogens (tertiary/aromatic N) is 2. The van der Waals surface area contributed by atoms with E-state index in [0.29, 0.717) is 17.9 Å². The highest BCUT2D eigenvalue weighted by molar-refractivity contribution is 6.16. The second-order valence-corrected chi connectivity index (χ2v) is 7.91. The Morgan fingerprint density at radius 3 is 2.40 bits per heavy atom. The van der Waals surface area contributed by atoms with Gasteiger partial charge in [-0.1, -0.05) is 45.0 Å². The van der Waals surface area contributed by atoms with Gasteiger partial charge in [-0.2, -0.15) is 5.10 Å². The minimum Gasteiger partial charge on any atom is -0.454 e. The molecule has 0 amide bonds. The van der Waals surface area contributed by atoms with Gasteiger partial charge in [0.25, 0.3) is 0 Å². The van der Waals surface area contributed by atoms with Crippen LogP contribution in [0.25, 0.3) is 11.3 Å². The quantitative estimate of drug-likeness (QED) is 0.288. The van der Waals surface area contributed by atoms with Crippen LogP contribution in [0.15, 0.2) is 30.3 Å². The third-order valence-electron chi connectivity index (χ3n) is 4.57. The first-order valence-corrected chi connectivity index (χ1v) is 9.89. The molecule has 0 atom stereocenters. The molecular formula is C23H31N3O4. The number of carbonyl (C=O) groups is 1. The van der Waals surface area contributed by atoms with Gasteiger partial charge in [-0.3, -0.25) is 4.68 Å². The highest BCUT2D eigenvalue weighted by atomic mass is 16.7. The van der Waals surface area contributed by atoms with Crippen molar-refractivity contribution in [3.63, 3.8) is 0 Å². The molecule has 0 aliphatic heterocycles. The zero-order chi connectivity index (χ0) is 22.3. The molecule has 0 fully saturated rings. The zero-order valence-electron chi connectivity index (χ0n) is 18.6. The van der Waals surface area contributed by atoms with Gasteiger partial charge in [0.2, 0.25) is 6.79 Å². The molecule has 0 bridgehead atoms. The molecule has 1 aromatic heterocycles. The highest BCUT2D eigenvalue weighted by Crippen LogP contribution is 2.29.